The molecule has 2 heterocycles. The number of nitrogens with zero attached hydrogens (tertiary/aromatic N) is 2. The molecule has 2 heteroatoms. The van der Waals surface area contributed by atoms with Gasteiger partial charge in [-0.1, -0.05) is 152 Å². The third-order valence-electron chi connectivity index (χ3n) is 13.1. The van der Waals surface area contributed by atoms with Crippen LogP contribution < -0.4 is 0 Å². The minimum absolute atomic E-state index is 0.927. The van der Waals surface area contributed by atoms with Crippen LogP contribution >= 0.6 is 0 Å². The minimum atomic E-state index is 0.927. The fourth-order valence-corrected chi connectivity index (χ4v) is 10.5. The molecule has 12 aromatic rings. The van der Waals surface area contributed by atoms with Gasteiger partial charge in [-0.2, -0.15) is 0 Å². The Morgan fingerprint density at radius 2 is 0.750 bits per heavy atom. The zero-order valence-corrected chi connectivity index (χ0v) is 33.8. The molecular weight excluding hydrogens is 725 g/mol. The van der Waals surface area contributed by atoms with Crippen LogP contribution in [-0.2, 0) is 13.1 Å². The predicted molar refractivity (Wildman–Crippen MR) is 258 cm³/mol. The van der Waals surface area contributed by atoms with Crippen molar-refractivity contribution in [2.24, 2.45) is 0 Å². The van der Waals surface area contributed by atoms with Gasteiger partial charge in [-0.3, -0.25) is 0 Å². The Kier molecular flexibility index (Phi) is 7.83. The molecule has 0 saturated heterocycles. The Hall–Kier alpha value is -7.42. The van der Waals surface area contributed by atoms with Gasteiger partial charge in [0.05, 0.1) is 0 Å². The molecule has 0 aliphatic rings. The molecule has 0 fully saturated rings. The van der Waals surface area contributed by atoms with Gasteiger partial charge in [0.25, 0.3) is 0 Å². The van der Waals surface area contributed by atoms with Crippen molar-refractivity contribution in [2.75, 3.05) is 0 Å². The summed E-state index contributed by atoms with van der Waals surface area (Å²) in [5, 5.41) is 12.7. The van der Waals surface area contributed by atoms with E-state index in [4.69, 9.17) is 0 Å². The molecule has 0 unspecified atom stereocenters. The van der Waals surface area contributed by atoms with Crippen molar-refractivity contribution < 1.29 is 0 Å². The second-order valence-corrected chi connectivity index (χ2v) is 16.1. The zero-order chi connectivity index (χ0) is 39.9. The van der Waals surface area contributed by atoms with E-state index in [9.17, 15) is 0 Å². The molecule has 2 nitrogen and oxygen atoms in total. The fraction of sp³-hybridized carbons (Fsp3) is 0.0690. The molecule has 0 amide bonds. The number of rotatable bonds is 6. The Morgan fingerprint density at radius 1 is 0.300 bits per heavy atom. The molecular formula is C58H42N2. The van der Waals surface area contributed by atoms with Gasteiger partial charge in [-0.15, -0.1) is 0 Å². The Balaban J connectivity index is 1.20. The average molecular weight is 767 g/mol. The molecule has 0 spiro atoms. The summed E-state index contributed by atoms with van der Waals surface area (Å²) in [5.41, 5.74) is 15.1. The number of benzene rings is 10. The Morgan fingerprint density at radius 3 is 1.30 bits per heavy atom. The SMILES string of the molecule is CCn1c2ccccc2c2cc(-c3cccc4c(-c5cccc6cccc(-c7ccccc7)c56)c5cccc(-c6ccc7c(c6)c6ccccc6n7CC)c5cc34)ccc21. The molecule has 10 aromatic carbocycles. The maximum atomic E-state index is 2.49. The third kappa shape index (κ3) is 5.07. The van der Waals surface area contributed by atoms with Gasteiger partial charge in [0.1, 0.15) is 0 Å². The summed E-state index contributed by atoms with van der Waals surface area (Å²) in [5.74, 6) is 0. The summed E-state index contributed by atoms with van der Waals surface area (Å²) in [6.45, 7) is 6.34. The maximum Gasteiger partial charge on any atom is 0.0491 e. The zero-order valence-electron chi connectivity index (χ0n) is 33.8. The normalized spacial score (nSPS) is 12.0. The molecule has 0 aliphatic carbocycles. The second-order valence-electron chi connectivity index (χ2n) is 16.1. The number of aryl methyl sites for hydroxylation is 2. The summed E-state index contributed by atoms with van der Waals surface area (Å²) in [4.78, 5) is 0. The van der Waals surface area contributed by atoms with Gasteiger partial charge in [0.2, 0.25) is 0 Å². The van der Waals surface area contributed by atoms with Crippen LogP contribution in [0.1, 0.15) is 13.8 Å². The van der Waals surface area contributed by atoms with E-state index in [0.29, 0.717) is 0 Å². The van der Waals surface area contributed by atoms with Gasteiger partial charge < -0.3 is 9.13 Å². The molecule has 2 aromatic heterocycles. The van der Waals surface area contributed by atoms with E-state index >= 15 is 0 Å². The lowest BCUT2D eigenvalue weighted by Gasteiger charge is -2.20. The maximum absolute atomic E-state index is 2.49. The van der Waals surface area contributed by atoms with Gasteiger partial charge in [-0.25, -0.2) is 0 Å². The van der Waals surface area contributed by atoms with Crippen molar-refractivity contribution >= 4 is 75.9 Å². The van der Waals surface area contributed by atoms with Gasteiger partial charge >= 0.3 is 0 Å². The van der Waals surface area contributed by atoms with E-state index in [0.717, 1.165) is 13.1 Å². The quantitative estimate of drug-likeness (QED) is 0.149. The first-order chi connectivity index (χ1) is 29.7. The number of hydrogen-bond acceptors (Lipinski definition) is 0. The monoisotopic (exact) mass is 766 g/mol. The summed E-state index contributed by atoms with van der Waals surface area (Å²) in [6, 6.07) is 72.7. The summed E-state index contributed by atoms with van der Waals surface area (Å²) >= 11 is 0. The number of fused-ring (bicyclic) bond motifs is 9. The first kappa shape index (κ1) is 34.6. The van der Waals surface area contributed by atoms with E-state index < -0.39 is 0 Å². The van der Waals surface area contributed by atoms with Crippen LogP contribution in [0, 0.1) is 0 Å². The van der Waals surface area contributed by atoms with E-state index in [-0.39, 0.29) is 0 Å². The number of para-hydroxylation sites is 2. The van der Waals surface area contributed by atoms with E-state index in [1.807, 2.05) is 0 Å². The minimum Gasteiger partial charge on any atom is -0.341 e. The highest BCUT2D eigenvalue weighted by Crippen LogP contribution is 2.47. The smallest absolute Gasteiger partial charge is 0.0491 e. The van der Waals surface area contributed by atoms with Gasteiger partial charge in [0, 0.05) is 56.7 Å². The highest BCUT2D eigenvalue weighted by atomic mass is 15.0. The molecule has 12 rings (SSSR count). The molecule has 0 N–H and O–H groups in total. The largest absolute Gasteiger partial charge is 0.341 e. The number of aromatic nitrogens is 2. The highest BCUT2D eigenvalue weighted by molar-refractivity contribution is 6.23. The van der Waals surface area contributed by atoms with Crippen LogP contribution in [0.4, 0.5) is 0 Å². The van der Waals surface area contributed by atoms with E-state index in [1.54, 1.807) is 0 Å². The summed E-state index contributed by atoms with van der Waals surface area (Å²) < 4.78 is 4.88. The molecule has 0 saturated carbocycles. The standard InChI is InChI=1S/C58H42N2/c1-3-59-53-28-10-8-20-44(53)51-34-39(30-32-55(51)59)41-22-14-25-46-49(41)36-50-42(40-31-33-56-52(35-40)45-21-9-11-29-54(45)60(56)4-2)23-15-26-47(50)58(46)48-27-13-19-38-18-12-24-43(57(38)48)37-16-6-5-7-17-37/h5-36H,3-4H2,1-2H3. The van der Waals surface area contributed by atoms with Crippen molar-refractivity contribution in [1.82, 2.24) is 9.13 Å². The average Bonchev–Trinajstić information content (AvgIpc) is 3.81. The van der Waals surface area contributed by atoms with Crippen molar-refractivity contribution in [1.29, 1.82) is 0 Å². The van der Waals surface area contributed by atoms with Crippen LogP contribution in [0.25, 0.3) is 120 Å². The topological polar surface area (TPSA) is 9.86 Å². The van der Waals surface area contributed by atoms with E-state index in [2.05, 4.69) is 217 Å². The fourth-order valence-electron chi connectivity index (χ4n) is 10.5. The van der Waals surface area contributed by atoms with Crippen molar-refractivity contribution in [2.45, 2.75) is 26.9 Å². The Bertz CT molecular complexity index is 3490. The van der Waals surface area contributed by atoms with Crippen molar-refractivity contribution in [3.63, 3.8) is 0 Å². The lowest BCUT2D eigenvalue weighted by molar-refractivity contribution is 0.827. The molecule has 0 radical (unpaired) electrons. The lowest BCUT2D eigenvalue weighted by Crippen LogP contribution is -1.94. The van der Waals surface area contributed by atoms with Crippen LogP contribution in [0.15, 0.2) is 194 Å². The lowest BCUT2D eigenvalue weighted by atomic mass is 9.83. The number of hydrogen-bond donors (Lipinski definition) is 0. The molecule has 0 bridgehead atoms. The highest BCUT2D eigenvalue weighted by Gasteiger charge is 2.20. The molecule has 60 heavy (non-hydrogen) atoms. The first-order valence-electron chi connectivity index (χ1n) is 21.3. The van der Waals surface area contributed by atoms with Crippen molar-refractivity contribution in [3.8, 4) is 44.5 Å². The van der Waals surface area contributed by atoms with Gasteiger partial charge in [-0.05, 0) is 133 Å². The molecule has 0 aliphatic heterocycles. The first-order valence-corrected chi connectivity index (χ1v) is 21.3. The molecule has 0 atom stereocenters. The van der Waals surface area contributed by atoms with Crippen LogP contribution in [0.2, 0.25) is 0 Å². The third-order valence-corrected chi connectivity index (χ3v) is 13.1. The summed E-state index contributed by atoms with van der Waals surface area (Å²) in [7, 11) is 0. The van der Waals surface area contributed by atoms with Gasteiger partial charge in [0.15, 0.2) is 0 Å². The van der Waals surface area contributed by atoms with E-state index in [1.165, 1.54) is 120 Å². The van der Waals surface area contributed by atoms with Crippen LogP contribution in [0.5, 0.6) is 0 Å². The van der Waals surface area contributed by atoms with Crippen LogP contribution in [0.3, 0.4) is 0 Å². The molecule has 284 valence electrons. The summed E-state index contributed by atoms with van der Waals surface area (Å²) in [6.07, 6.45) is 0. The second kappa shape index (κ2) is 13.6. The van der Waals surface area contributed by atoms with Crippen LogP contribution in [-0.4, -0.2) is 9.13 Å². The Labute approximate surface area is 349 Å². The van der Waals surface area contributed by atoms with Crippen molar-refractivity contribution in [3.05, 3.63) is 194 Å². The predicted octanol–water partition coefficient (Wildman–Crippen LogP) is 16.1.